The fraction of sp³-hybridized carbons (Fsp3) is 0.267. The van der Waals surface area contributed by atoms with Gasteiger partial charge in [0, 0.05) is 26.0 Å². The van der Waals surface area contributed by atoms with E-state index in [1.54, 1.807) is 13.3 Å². The number of aryl methyl sites for hydroxylation is 1. The van der Waals surface area contributed by atoms with Gasteiger partial charge in [0.25, 0.3) is 0 Å². The predicted octanol–water partition coefficient (Wildman–Crippen LogP) is 2.19. The Balaban J connectivity index is 1.79. The third-order valence-corrected chi connectivity index (χ3v) is 3.26. The molecule has 0 aliphatic carbocycles. The van der Waals surface area contributed by atoms with Crippen molar-refractivity contribution >= 4 is 11.5 Å². The molecule has 2 aromatic heterocycles. The average Bonchev–Trinajstić information content (AvgIpc) is 2.88. The van der Waals surface area contributed by atoms with Gasteiger partial charge in [-0.15, -0.1) is 10.2 Å². The number of hydrogen-bond acceptors (Lipinski definition) is 5. The first-order valence-electron chi connectivity index (χ1n) is 6.75. The number of benzene rings is 1. The van der Waals surface area contributed by atoms with Gasteiger partial charge in [0.05, 0.1) is 6.61 Å². The first kappa shape index (κ1) is 13.5. The van der Waals surface area contributed by atoms with Gasteiger partial charge in [-0.1, -0.05) is 24.3 Å². The molecule has 108 valence electrons. The van der Waals surface area contributed by atoms with Crippen LogP contribution in [0.1, 0.15) is 17.0 Å². The lowest BCUT2D eigenvalue weighted by Gasteiger charge is -2.08. The molecule has 0 saturated carbocycles. The molecule has 6 heteroatoms. The van der Waals surface area contributed by atoms with E-state index in [2.05, 4.69) is 32.6 Å². The zero-order valence-corrected chi connectivity index (χ0v) is 12.1. The molecule has 1 aromatic carbocycles. The second-order valence-corrected chi connectivity index (χ2v) is 4.82. The second kappa shape index (κ2) is 5.88. The molecule has 3 aromatic rings. The van der Waals surface area contributed by atoms with Crippen LogP contribution >= 0.6 is 0 Å². The summed E-state index contributed by atoms with van der Waals surface area (Å²) < 4.78 is 7.07. The van der Waals surface area contributed by atoms with Crippen molar-refractivity contribution in [3.8, 4) is 0 Å². The molecule has 0 aliphatic rings. The second-order valence-electron chi connectivity index (χ2n) is 4.82. The quantitative estimate of drug-likeness (QED) is 0.777. The van der Waals surface area contributed by atoms with E-state index in [-0.39, 0.29) is 0 Å². The van der Waals surface area contributed by atoms with E-state index in [9.17, 15) is 0 Å². The smallest absolute Gasteiger partial charge is 0.203 e. The van der Waals surface area contributed by atoms with Crippen LogP contribution in [-0.4, -0.2) is 26.7 Å². The highest BCUT2D eigenvalue weighted by molar-refractivity contribution is 5.62. The Hall–Kier alpha value is -2.47. The van der Waals surface area contributed by atoms with Crippen molar-refractivity contribution in [1.29, 1.82) is 0 Å². The SMILES string of the molecule is COCc1cccc(CNc2nccn3c(C)nnc23)c1. The summed E-state index contributed by atoms with van der Waals surface area (Å²) in [6.45, 7) is 3.21. The van der Waals surface area contributed by atoms with Crippen LogP contribution in [0.2, 0.25) is 0 Å². The summed E-state index contributed by atoms with van der Waals surface area (Å²) in [6, 6.07) is 8.27. The normalized spacial score (nSPS) is 11.0. The molecule has 0 aliphatic heterocycles. The Morgan fingerprint density at radius 2 is 2.10 bits per heavy atom. The Morgan fingerprint density at radius 1 is 1.24 bits per heavy atom. The largest absolute Gasteiger partial charge is 0.380 e. The number of methoxy groups -OCH3 is 1. The summed E-state index contributed by atoms with van der Waals surface area (Å²) in [5.41, 5.74) is 3.06. The molecular formula is C15H17N5O. The van der Waals surface area contributed by atoms with Gasteiger partial charge in [0.2, 0.25) is 5.65 Å². The maximum Gasteiger partial charge on any atom is 0.203 e. The van der Waals surface area contributed by atoms with Crippen LogP contribution < -0.4 is 5.32 Å². The average molecular weight is 283 g/mol. The topological polar surface area (TPSA) is 64.3 Å². The maximum atomic E-state index is 5.15. The first-order valence-corrected chi connectivity index (χ1v) is 6.75. The van der Waals surface area contributed by atoms with Gasteiger partial charge >= 0.3 is 0 Å². The highest BCUT2D eigenvalue weighted by Gasteiger charge is 2.07. The van der Waals surface area contributed by atoms with Crippen molar-refractivity contribution in [2.24, 2.45) is 0 Å². The lowest BCUT2D eigenvalue weighted by atomic mass is 10.1. The molecule has 0 unspecified atom stereocenters. The summed E-state index contributed by atoms with van der Waals surface area (Å²) >= 11 is 0. The summed E-state index contributed by atoms with van der Waals surface area (Å²) in [5, 5.41) is 11.5. The van der Waals surface area contributed by atoms with Gasteiger partial charge in [0.15, 0.2) is 5.82 Å². The number of anilines is 1. The van der Waals surface area contributed by atoms with Gasteiger partial charge in [-0.3, -0.25) is 4.40 Å². The Morgan fingerprint density at radius 3 is 2.95 bits per heavy atom. The van der Waals surface area contributed by atoms with Gasteiger partial charge in [-0.05, 0) is 18.1 Å². The third-order valence-electron chi connectivity index (χ3n) is 3.26. The summed E-state index contributed by atoms with van der Waals surface area (Å²) in [6.07, 6.45) is 3.60. The van der Waals surface area contributed by atoms with Crippen molar-refractivity contribution in [2.45, 2.75) is 20.1 Å². The minimum atomic E-state index is 0.616. The van der Waals surface area contributed by atoms with Crippen LogP contribution in [-0.2, 0) is 17.9 Å². The van der Waals surface area contributed by atoms with Crippen molar-refractivity contribution < 1.29 is 4.74 Å². The zero-order chi connectivity index (χ0) is 14.7. The molecule has 0 amide bonds. The first-order chi connectivity index (χ1) is 10.3. The van der Waals surface area contributed by atoms with Gasteiger partial charge in [-0.2, -0.15) is 0 Å². The molecule has 6 nitrogen and oxygen atoms in total. The Bertz CT molecular complexity index is 753. The van der Waals surface area contributed by atoms with E-state index in [4.69, 9.17) is 4.74 Å². The summed E-state index contributed by atoms with van der Waals surface area (Å²) in [4.78, 5) is 4.33. The molecule has 3 rings (SSSR count). The van der Waals surface area contributed by atoms with Crippen LogP contribution in [0.15, 0.2) is 36.7 Å². The molecule has 21 heavy (non-hydrogen) atoms. The lowest BCUT2D eigenvalue weighted by molar-refractivity contribution is 0.185. The standard InChI is InChI=1S/C15H17N5O/c1-11-18-19-15-14(16-6-7-20(11)15)17-9-12-4-3-5-13(8-12)10-21-2/h3-8H,9-10H2,1-2H3,(H,16,17). The minimum Gasteiger partial charge on any atom is -0.380 e. The van der Waals surface area contributed by atoms with Crippen LogP contribution in [0.5, 0.6) is 0 Å². The van der Waals surface area contributed by atoms with Crippen molar-refractivity contribution in [3.05, 3.63) is 53.6 Å². The van der Waals surface area contributed by atoms with Crippen LogP contribution in [0.3, 0.4) is 0 Å². The Kier molecular flexibility index (Phi) is 3.79. The number of nitrogens with one attached hydrogen (secondary N) is 1. The van der Waals surface area contributed by atoms with Crippen LogP contribution in [0.25, 0.3) is 5.65 Å². The number of rotatable bonds is 5. The van der Waals surface area contributed by atoms with Gasteiger partial charge in [-0.25, -0.2) is 4.98 Å². The van der Waals surface area contributed by atoms with E-state index in [1.165, 1.54) is 5.56 Å². The third kappa shape index (κ3) is 2.85. The molecule has 0 saturated heterocycles. The zero-order valence-electron chi connectivity index (χ0n) is 12.1. The summed E-state index contributed by atoms with van der Waals surface area (Å²) in [7, 11) is 1.70. The van der Waals surface area contributed by atoms with Crippen LogP contribution in [0.4, 0.5) is 5.82 Å². The van der Waals surface area contributed by atoms with Crippen molar-refractivity contribution in [3.63, 3.8) is 0 Å². The number of ether oxygens (including phenoxy) is 1. The van der Waals surface area contributed by atoms with Crippen molar-refractivity contribution in [1.82, 2.24) is 19.6 Å². The van der Waals surface area contributed by atoms with E-state index in [1.807, 2.05) is 29.7 Å². The van der Waals surface area contributed by atoms with Gasteiger partial charge in [0.1, 0.15) is 5.82 Å². The van der Waals surface area contributed by atoms with Gasteiger partial charge < -0.3 is 10.1 Å². The van der Waals surface area contributed by atoms with Crippen molar-refractivity contribution in [2.75, 3.05) is 12.4 Å². The molecular weight excluding hydrogens is 266 g/mol. The number of fused-ring (bicyclic) bond motifs is 1. The van der Waals surface area contributed by atoms with E-state index < -0.39 is 0 Å². The fourth-order valence-electron chi connectivity index (χ4n) is 2.25. The molecule has 0 bridgehead atoms. The molecule has 0 radical (unpaired) electrons. The number of nitrogens with zero attached hydrogens (tertiary/aromatic N) is 4. The molecule has 0 fully saturated rings. The Labute approximate surface area is 122 Å². The molecule has 0 spiro atoms. The predicted molar refractivity (Wildman–Crippen MR) is 80.0 cm³/mol. The monoisotopic (exact) mass is 283 g/mol. The molecule has 1 N–H and O–H groups in total. The molecule has 0 atom stereocenters. The highest BCUT2D eigenvalue weighted by atomic mass is 16.5. The maximum absolute atomic E-state index is 5.15. The van der Waals surface area contributed by atoms with Crippen LogP contribution in [0, 0.1) is 6.92 Å². The van der Waals surface area contributed by atoms with E-state index >= 15 is 0 Å². The lowest BCUT2D eigenvalue weighted by Crippen LogP contribution is -2.04. The minimum absolute atomic E-state index is 0.616. The molecule has 2 heterocycles. The summed E-state index contributed by atoms with van der Waals surface area (Å²) in [5.74, 6) is 1.58. The number of hydrogen-bond donors (Lipinski definition) is 1. The highest BCUT2D eigenvalue weighted by Crippen LogP contribution is 2.14. The fourth-order valence-corrected chi connectivity index (χ4v) is 2.25. The number of aromatic nitrogens is 4. The van der Waals surface area contributed by atoms with E-state index in [0.717, 1.165) is 22.9 Å². The van der Waals surface area contributed by atoms with E-state index in [0.29, 0.717) is 13.2 Å².